The van der Waals surface area contributed by atoms with Crippen LogP contribution in [-0.2, 0) is 6.54 Å². The highest BCUT2D eigenvalue weighted by molar-refractivity contribution is 5.85. The summed E-state index contributed by atoms with van der Waals surface area (Å²) >= 11 is 0. The predicted octanol–water partition coefficient (Wildman–Crippen LogP) is 0.803. The third kappa shape index (κ3) is 3.83. The highest BCUT2D eigenvalue weighted by Crippen LogP contribution is 2.09. The molecule has 0 saturated heterocycles. The Morgan fingerprint density at radius 3 is 2.71 bits per heavy atom. The Bertz CT molecular complexity index is 385. The van der Waals surface area contributed by atoms with Crippen LogP contribution in [0.1, 0.15) is 30.1 Å². The highest BCUT2D eigenvalue weighted by atomic mass is 16.5. The number of rotatable bonds is 6. The Morgan fingerprint density at radius 2 is 2.24 bits per heavy atom. The van der Waals surface area contributed by atoms with Crippen molar-refractivity contribution in [3.8, 4) is 0 Å². The van der Waals surface area contributed by atoms with Crippen molar-refractivity contribution in [3.05, 3.63) is 17.5 Å². The topological polar surface area (TPSA) is 78.6 Å². The van der Waals surface area contributed by atoms with E-state index in [4.69, 9.17) is 9.63 Å². The summed E-state index contributed by atoms with van der Waals surface area (Å²) in [7, 11) is 4.03. The molecule has 96 valence electrons. The van der Waals surface area contributed by atoms with Crippen LogP contribution < -0.4 is 5.32 Å². The van der Waals surface area contributed by atoms with E-state index >= 15 is 0 Å². The molecule has 0 saturated carbocycles. The third-order valence-corrected chi connectivity index (χ3v) is 2.85. The molecule has 0 aliphatic rings. The normalized spacial score (nSPS) is 12.1. The van der Waals surface area contributed by atoms with Crippen LogP contribution >= 0.6 is 0 Å². The maximum Gasteiger partial charge on any atom is 0.358 e. The second-order valence-corrected chi connectivity index (χ2v) is 4.79. The zero-order valence-electron chi connectivity index (χ0n) is 10.6. The first-order valence-electron chi connectivity index (χ1n) is 5.40. The molecule has 6 heteroatoms. The molecule has 0 amide bonds. The summed E-state index contributed by atoms with van der Waals surface area (Å²) in [5.41, 5.74) is -0.0380. The van der Waals surface area contributed by atoms with Crippen LogP contribution in [0.4, 0.5) is 0 Å². The first-order valence-corrected chi connectivity index (χ1v) is 5.40. The minimum Gasteiger partial charge on any atom is -0.476 e. The van der Waals surface area contributed by atoms with Gasteiger partial charge in [-0.05, 0) is 27.9 Å². The second-order valence-electron chi connectivity index (χ2n) is 4.79. The monoisotopic (exact) mass is 241 g/mol. The fourth-order valence-corrected chi connectivity index (χ4v) is 1.15. The Hall–Kier alpha value is -1.40. The van der Waals surface area contributed by atoms with Crippen molar-refractivity contribution in [1.82, 2.24) is 15.4 Å². The number of carboxylic acids is 1. The standard InChI is InChI=1S/C11H19N3O3/c1-11(2,14(3)4)7-12-6-8-5-9(10(15)16)13-17-8/h5,12H,6-7H2,1-4H3,(H,15,16). The van der Waals surface area contributed by atoms with Crippen LogP contribution in [0.5, 0.6) is 0 Å². The highest BCUT2D eigenvalue weighted by Gasteiger charge is 2.20. The molecular formula is C11H19N3O3. The van der Waals surface area contributed by atoms with Crippen molar-refractivity contribution in [2.75, 3.05) is 20.6 Å². The Kier molecular flexibility index (Phi) is 4.25. The van der Waals surface area contributed by atoms with Gasteiger partial charge in [0.1, 0.15) is 0 Å². The number of aromatic carboxylic acids is 1. The molecule has 17 heavy (non-hydrogen) atoms. The molecule has 0 bridgehead atoms. The second kappa shape index (κ2) is 5.29. The number of likely N-dealkylation sites (N-methyl/N-ethyl adjacent to an activating group) is 1. The number of nitrogens with zero attached hydrogens (tertiary/aromatic N) is 2. The molecule has 6 nitrogen and oxygen atoms in total. The lowest BCUT2D eigenvalue weighted by molar-refractivity contribution is 0.0685. The van der Waals surface area contributed by atoms with Gasteiger partial charge in [-0.25, -0.2) is 4.79 Å². The fraction of sp³-hybridized carbons (Fsp3) is 0.636. The molecule has 0 aliphatic heterocycles. The molecule has 0 unspecified atom stereocenters. The molecule has 0 radical (unpaired) electrons. The number of carboxylic acid groups (broad SMARTS) is 1. The van der Waals surface area contributed by atoms with Gasteiger partial charge in [-0.3, -0.25) is 0 Å². The SMILES string of the molecule is CN(C)C(C)(C)CNCc1cc(C(=O)O)no1. The summed E-state index contributed by atoms with van der Waals surface area (Å²) < 4.78 is 4.89. The Balaban J connectivity index is 2.43. The number of carbonyl (C=O) groups is 1. The molecule has 2 N–H and O–H groups in total. The van der Waals surface area contributed by atoms with Crippen LogP contribution in [0.15, 0.2) is 10.6 Å². The maximum atomic E-state index is 10.6. The molecule has 0 atom stereocenters. The van der Waals surface area contributed by atoms with E-state index in [0.29, 0.717) is 12.3 Å². The van der Waals surface area contributed by atoms with Crippen LogP contribution in [-0.4, -0.2) is 47.3 Å². The number of hydrogen-bond acceptors (Lipinski definition) is 5. The Labute approximate surface area is 101 Å². The quantitative estimate of drug-likeness (QED) is 0.767. The maximum absolute atomic E-state index is 10.6. The van der Waals surface area contributed by atoms with Crippen molar-refractivity contribution < 1.29 is 14.4 Å². The number of hydrogen-bond donors (Lipinski definition) is 2. The molecule has 0 aliphatic carbocycles. The van der Waals surface area contributed by atoms with E-state index in [1.807, 2.05) is 14.1 Å². The Morgan fingerprint density at radius 1 is 1.59 bits per heavy atom. The van der Waals surface area contributed by atoms with Crippen molar-refractivity contribution in [2.24, 2.45) is 0 Å². The average Bonchev–Trinajstić information content (AvgIpc) is 2.66. The van der Waals surface area contributed by atoms with Crippen LogP contribution in [0.3, 0.4) is 0 Å². The summed E-state index contributed by atoms with van der Waals surface area (Å²) in [6.45, 7) is 5.47. The number of aromatic nitrogens is 1. The lowest BCUT2D eigenvalue weighted by Gasteiger charge is -2.32. The third-order valence-electron chi connectivity index (χ3n) is 2.85. The molecule has 0 fully saturated rings. The molecule has 1 aromatic rings. The molecular weight excluding hydrogens is 222 g/mol. The number of nitrogens with one attached hydrogen (secondary N) is 1. The smallest absolute Gasteiger partial charge is 0.358 e. The average molecular weight is 241 g/mol. The lowest BCUT2D eigenvalue weighted by Crippen LogP contribution is -2.46. The van der Waals surface area contributed by atoms with Gasteiger partial charge in [-0.1, -0.05) is 5.16 Å². The van der Waals surface area contributed by atoms with Gasteiger partial charge in [0.05, 0.1) is 6.54 Å². The largest absolute Gasteiger partial charge is 0.476 e. The van der Waals surface area contributed by atoms with Gasteiger partial charge in [0.25, 0.3) is 0 Å². The first-order chi connectivity index (χ1) is 7.83. The molecule has 1 aromatic heterocycles. The van der Waals surface area contributed by atoms with Gasteiger partial charge in [0, 0.05) is 18.2 Å². The summed E-state index contributed by atoms with van der Waals surface area (Å²) in [4.78, 5) is 12.7. The van der Waals surface area contributed by atoms with E-state index < -0.39 is 5.97 Å². The van der Waals surface area contributed by atoms with E-state index in [2.05, 4.69) is 29.2 Å². The fourth-order valence-electron chi connectivity index (χ4n) is 1.15. The summed E-state index contributed by atoms with van der Waals surface area (Å²) in [5, 5.41) is 15.3. The van der Waals surface area contributed by atoms with Gasteiger partial charge in [0.2, 0.25) is 0 Å². The van der Waals surface area contributed by atoms with Gasteiger partial charge in [-0.2, -0.15) is 0 Å². The van der Waals surface area contributed by atoms with Crippen LogP contribution in [0.25, 0.3) is 0 Å². The predicted molar refractivity (Wildman–Crippen MR) is 62.9 cm³/mol. The van der Waals surface area contributed by atoms with Gasteiger partial charge in [-0.15, -0.1) is 0 Å². The minimum atomic E-state index is -1.08. The van der Waals surface area contributed by atoms with E-state index in [1.165, 1.54) is 6.07 Å². The van der Waals surface area contributed by atoms with E-state index in [9.17, 15) is 4.79 Å². The minimum absolute atomic E-state index is 0.0235. The molecule has 1 rings (SSSR count). The zero-order valence-corrected chi connectivity index (χ0v) is 10.6. The van der Waals surface area contributed by atoms with Crippen LogP contribution in [0.2, 0.25) is 0 Å². The molecule has 0 spiro atoms. The summed E-state index contributed by atoms with van der Waals surface area (Å²) in [5.74, 6) is -0.550. The van der Waals surface area contributed by atoms with Crippen molar-refractivity contribution >= 4 is 5.97 Å². The van der Waals surface area contributed by atoms with Crippen molar-refractivity contribution in [2.45, 2.75) is 25.9 Å². The zero-order chi connectivity index (χ0) is 13.1. The van der Waals surface area contributed by atoms with E-state index in [0.717, 1.165) is 6.54 Å². The molecule has 0 aromatic carbocycles. The summed E-state index contributed by atoms with van der Waals surface area (Å²) in [6, 6.07) is 1.43. The van der Waals surface area contributed by atoms with Gasteiger partial charge < -0.3 is 19.8 Å². The van der Waals surface area contributed by atoms with E-state index in [-0.39, 0.29) is 11.2 Å². The first kappa shape index (κ1) is 13.7. The van der Waals surface area contributed by atoms with E-state index in [1.54, 1.807) is 0 Å². The van der Waals surface area contributed by atoms with Crippen molar-refractivity contribution in [1.29, 1.82) is 0 Å². The van der Waals surface area contributed by atoms with Crippen molar-refractivity contribution in [3.63, 3.8) is 0 Å². The molecule has 1 heterocycles. The van der Waals surface area contributed by atoms with Gasteiger partial charge in [0.15, 0.2) is 11.5 Å². The lowest BCUT2D eigenvalue weighted by atomic mass is 10.0. The summed E-state index contributed by atoms with van der Waals surface area (Å²) in [6.07, 6.45) is 0. The van der Waals surface area contributed by atoms with Gasteiger partial charge >= 0.3 is 5.97 Å². The van der Waals surface area contributed by atoms with Crippen LogP contribution in [0, 0.1) is 0 Å².